The molecule has 5 rings (SSSR count). The molecule has 1 unspecified atom stereocenters. The van der Waals surface area contributed by atoms with E-state index in [4.69, 9.17) is 13.8 Å². The summed E-state index contributed by atoms with van der Waals surface area (Å²) in [5, 5.41) is 8.17. The van der Waals surface area contributed by atoms with E-state index >= 15 is 0 Å². The molecule has 1 aliphatic rings. The van der Waals surface area contributed by atoms with Crippen molar-refractivity contribution >= 4 is 5.91 Å². The molecule has 2 aromatic heterocycles. The molecular weight excluding hydrogens is 477 g/mol. The van der Waals surface area contributed by atoms with Crippen LogP contribution in [0.2, 0.25) is 0 Å². The van der Waals surface area contributed by atoms with Gasteiger partial charge >= 0.3 is 0 Å². The van der Waals surface area contributed by atoms with Gasteiger partial charge in [0.05, 0.1) is 6.04 Å². The van der Waals surface area contributed by atoms with Crippen molar-refractivity contribution in [3.63, 3.8) is 0 Å². The molecular formula is C27H28FN5O4. The van der Waals surface area contributed by atoms with Crippen molar-refractivity contribution in [1.82, 2.24) is 25.2 Å². The van der Waals surface area contributed by atoms with Crippen LogP contribution in [0.5, 0.6) is 5.75 Å². The average molecular weight is 506 g/mol. The van der Waals surface area contributed by atoms with Gasteiger partial charge < -0.3 is 18.7 Å². The highest BCUT2D eigenvalue weighted by Crippen LogP contribution is 2.30. The Morgan fingerprint density at radius 3 is 2.62 bits per heavy atom. The zero-order valence-electron chi connectivity index (χ0n) is 20.6. The lowest BCUT2D eigenvalue weighted by Crippen LogP contribution is -2.39. The number of ether oxygens (including phenoxy) is 1. The Bertz CT molecular complexity index is 1320. The van der Waals surface area contributed by atoms with Crippen LogP contribution >= 0.6 is 0 Å². The monoisotopic (exact) mass is 505 g/mol. The third kappa shape index (κ3) is 6.19. The van der Waals surface area contributed by atoms with E-state index in [1.54, 1.807) is 0 Å². The summed E-state index contributed by atoms with van der Waals surface area (Å²) in [5.74, 6) is 2.05. The lowest BCUT2D eigenvalue weighted by Gasteiger charge is -2.33. The second kappa shape index (κ2) is 11.3. The maximum atomic E-state index is 13.1. The van der Waals surface area contributed by atoms with Crippen LogP contribution in [0.1, 0.15) is 61.3 Å². The normalized spacial score (nSPS) is 15.6. The van der Waals surface area contributed by atoms with Gasteiger partial charge in [-0.05, 0) is 56.9 Å². The van der Waals surface area contributed by atoms with E-state index in [0.717, 1.165) is 30.4 Å². The number of nitrogens with zero attached hydrogens (tertiary/aromatic N) is 5. The first-order valence-electron chi connectivity index (χ1n) is 12.4. The van der Waals surface area contributed by atoms with E-state index in [9.17, 15) is 9.18 Å². The number of hydrogen-bond acceptors (Lipinski definition) is 8. The smallest absolute Gasteiger partial charge is 0.264 e. The summed E-state index contributed by atoms with van der Waals surface area (Å²) >= 11 is 0. The van der Waals surface area contributed by atoms with Crippen molar-refractivity contribution in [2.24, 2.45) is 0 Å². The summed E-state index contributed by atoms with van der Waals surface area (Å²) in [4.78, 5) is 23.9. The van der Waals surface area contributed by atoms with Gasteiger partial charge in [-0.25, -0.2) is 4.39 Å². The summed E-state index contributed by atoms with van der Waals surface area (Å²) in [6, 6.07) is 13.4. The molecule has 0 aliphatic carbocycles. The van der Waals surface area contributed by atoms with Gasteiger partial charge in [0, 0.05) is 24.9 Å². The highest BCUT2D eigenvalue weighted by Gasteiger charge is 2.31. The third-order valence-electron chi connectivity index (χ3n) is 6.34. The van der Waals surface area contributed by atoms with E-state index in [2.05, 4.69) is 20.3 Å². The SMILES string of the molecule is Cc1ccc(-c2noc(CCCC(=O)N3CCCCC3c3noc(COc4ccc(F)cc4)n3)n2)cc1. The standard InChI is InChI=1S/C27H28FN5O4/c1-18-8-10-19(11-9-18)26-29-23(36-31-26)6-4-7-25(34)33-16-3-2-5-22(33)27-30-24(37-32-27)17-35-21-14-12-20(28)13-15-21/h8-15,22H,2-7,16-17H2,1H3. The van der Waals surface area contributed by atoms with Gasteiger partial charge in [-0.3, -0.25) is 4.79 Å². The zero-order valence-corrected chi connectivity index (χ0v) is 20.6. The minimum atomic E-state index is -0.335. The fourth-order valence-corrected chi connectivity index (χ4v) is 4.35. The van der Waals surface area contributed by atoms with Crippen molar-refractivity contribution in [1.29, 1.82) is 0 Å². The highest BCUT2D eigenvalue weighted by molar-refractivity contribution is 5.76. The second-order valence-corrected chi connectivity index (χ2v) is 9.12. The summed E-state index contributed by atoms with van der Waals surface area (Å²) in [6.45, 7) is 2.74. The molecule has 0 radical (unpaired) electrons. The maximum absolute atomic E-state index is 13.1. The van der Waals surface area contributed by atoms with Crippen LogP contribution in [0.15, 0.2) is 57.6 Å². The molecule has 0 spiro atoms. The molecule has 10 heteroatoms. The van der Waals surface area contributed by atoms with E-state index in [1.165, 1.54) is 24.3 Å². The van der Waals surface area contributed by atoms with Gasteiger partial charge in [-0.1, -0.05) is 40.1 Å². The Hall–Kier alpha value is -4.08. The number of halogens is 1. The summed E-state index contributed by atoms with van der Waals surface area (Å²) in [6.07, 6.45) is 4.17. The second-order valence-electron chi connectivity index (χ2n) is 9.12. The molecule has 1 atom stereocenters. The third-order valence-corrected chi connectivity index (χ3v) is 6.34. The molecule has 2 aromatic carbocycles. The van der Waals surface area contributed by atoms with Crippen LogP contribution in [0.3, 0.4) is 0 Å². The predicted molar refractivity (Wildman–Crippen MR) is 131 cm³/mol. The number of aromatic nitrogens is 4. The lowest BCUT2D eigenvalue weighted by molar-refractivity contribution is -0.135. The number of carbonyl (C=O) groups excluding carboxylic acids is 1. The van der Waals surface area contributed by atoms with Crippen molar-refractivity contribution in [3.8, 4) is 17.1 Å². The topological polar surface area (TPSA) is 107 Å². The molecule has 0 bridgehead atoms. The Morgan fingerprint density at radius 1 is 1.03 bits per heavy atom. The molecule has 4 aromatic rings. The zero-order chi connectivity index (χ0) is 25.6. The molecule has 9 nitrogen and oxygen atoms in total. The van der Waals surface area contributed by atoms with Gasteiger partial charge in [0.25, 0.3) is 5.89 Å². The number of likely N-dealkylation sites (tertiary alicyclic amines) is 1. The lowest BCUT2D eigenvalue weighted by atomic mass is 10.0. The number of amides is 1. The van der Waals surface area contributed by atoms with Gasteiger partial charge in [-0.15, -0.1) is 0 Å². The van der Waals surface area contributed by atoms with Crippen molar-refractivity contribution < 1.29 is 23.0 Å². The first kappa shape index (κ1) is 24.6. The summed E-state index contributed by atoms with van der Waals surface area (Å²) in [7, 11) is 0. The number of carbonyl (C=O) groups is 1. The summed E-state index contributed by atoms with van der Waals surface area (Å²) in [5.41, 5.74) is 2.06. The first-order chi connectivity index (χ1) is 18.0. The number of hydrogen-bond donors (Lipinski definition) is 0. The van der Waals surface area contributed by atoms with Crippen LogP contribution in [0.4, 0.5) is 4.39 Å². The first-order valence-corrected chi connectivity index (χ1v) is 12.4. The van der Waals surface area contributed by atoms with E-state index in [0.29, 0.717) is 55.0 Å². The molecule has 1 aliphatic heterocycles. The molecule has 37 heavy (non-hydrogen) atoms. The summed E-state index contributed by atoms with van der Waals surface area (Å²) < 4.78 is 29.4. The van der Waals surface area contributed by atoms with Crippen LogP contribution in [-0.2, 0) is 17.8 Å². The Kier molecular flexibility index (Phi) is 7.53. The van der Waals surface area contributed by atoms with Crippen molar-refractivity contribution in [3.05, 3.63) is 77.5 Å². The Morgan fingerprint density at radius 2 is 1.81 bits per heavy atom. The molecule has 192 valence electrons. The number of benzene rings is 2. The van der Waals surface area contributed by atoms with Crippen LogP contribution in [0.25, 0.3) is 11.4 Å². The van der Waals surface area contributed by atoms with E-state index < -0.39 is 0 Å². The molecule has 1 amide bonds. The molecule has 0 saturated carbocycles. The molecule has 1 saturated heterocycles. The number of rotatable bonds is 9. The number of aryl methyl sites for hydroxylation is 2. The van der Waals surface area contributed by atoms with Gasteiger partial charge in [0.1, 0.15) is 11.6 Å². The Balaban J connectivity index is 1.14. The van der Waals surface area contributed by atoms with E-state index in [1.807, 2.05) is 36.1 Å². The Labute approximate surface area is 213 Å². The quantitative estimate of drug-likeness (QED) is 0.305. The van der Waals surface area contributed by atoms with Crippen molar-refractivity contribution in [2.45, 2.75) is 58.1 Å². The fraction of sp³-hybridized carbons (Fsp3) is 0.370. The van der Waals surface area contributed by atoms with Crippen LogP contribution in [-0.4, -0.2) is 37.6 Å². The minimum Gasteiger partial charge on any atom is -0.484 e. The molecule has 3 heterocycles. The average Bonchev–Trinajstić information content (AvgIpc) is 3.59. The minimum absolute atomic E-state index is 0.0388. The molecule has 1 fully saturated rings. The van der Waals surface area contributed by atoms with Gasteiger partial charge in [0.15, 0.2) is 12.4 Å². The van der Waals surface area contributed by atoms with Crippen LogP contribution in [0, 0.1) is 12.7 Å². The largest absolute Gasteiger partial charge is 0.484 e. The van der Waals surface area contributed by atoms with E-state index in [-0.39, 0.29) is 24.4 Å². The molecule has 0 N–H and O–H groups in total. The van der Waals surface area contributed by atoms with Crippen molar-refractivity contribution in [2.75, 3.05) is 6.54 Å². The predicted octanol–water partition coefficient (Wildman–Crippen LogP) is 5.22. The van der Waals surface area contributed by atoms with Crippen LogP contribution < -0.4 is 4.74 Å². The maximum Gasteiger partial charge on any atom is 0.264 e. The highest BCUT2D eigenvalue weighted by atomic mass is 19.1. The van der Waals surface area contributed by atoms with Gasteiger partial charge in [0.2, 0.25) is 17.6 Å². The number of piperidine rings is 1. The van der Waals surface area contributed by atoms with Gasteiger partial charge in [-0.2, -0.15) is 9.97 Å². The fourth-order valence-electron chi connectivity index (χ4n) is 4.35.